The molecule has 0 amide bonds. The second-order valence-corrected chi connectivity index (χ2v) is 5.78. The lowest BCUT2D eigenvalue weighted by atomic mass is 10.0. The number of hydrogen-bond acceptors (Lipinski definition) is 2. The molecule has 1 aliphatic heterocycles. The fraction of sp³-hybridized carbons (Fsp3) is 0.938. The Morgan fingerprint density at radius 3 is 2.75 bits per heavy atom. The van der Waals surface area contributed by atoms with Crippen LogP contribution < -0.4 is 10.6 Å². The van der Waals surface area contributed by atoms with Crippen LogP contribution in [0.15, 0.2) is 4.99 Å². The number of rotatable bonds is 8. The summed E-state index contributed by atoms with van der Waals surface area (Å²) in [6, 6.07) is 0.767. The summed E-state index contributed by atoms with van der Waals surface area (Å²) < 4.78 is 0. The Morgan fingerprint density at radius 2 is 2.05 bits per heavy atom. The minimum atomic E-state index is 0.767. The largest absolute Gasteiger partial charge is 0.357 e. The number of piperidine rings is 1. The minimum Gasteiger partial charge on any atom is -0.357 e. The van der Waals surface area contributed by atoms with Gasteiger partial charge in [-0.2, -0.15) is 0 Å². The second kappa shape index (κ2) is 11.0. The fourth-order valence-electron chi connectivity index (χ4n) is 2.68. The Kier molecular flexibility index (Phi) is 9.46. The zero-order valence-electron chi connectivity index (χ0n) is 13.7. The summed E-state index contributed by atoms with van der Waals surface area (Å²) in [5.74, 6) is 0.979. The van der Waals surface area contributed by atoms with E-state index in [1.54, 1.807) is 0 Å². The van der Waals surface area contributed by atoms with Gasteiger partial charge in [-0.1, -0.05) is 19.8 Å². The van der Waals surface area contributed by atoms with Gasteiger partial charge in [-0.25, -0.2) is 0 Å². The van der Waals surface area contributed by atoms with Gasteiger partial charge in [0.1, 0.15) is 0 Å². The molecular weight excluding hydrogens is 248 g/mol. The smallest absolute Gasteiger partial charge is 0.191 e. The van der Waals surface area contributed by atoms with Crippen molar-refractivity contribution in [3.8, 4) is 0 Å². The van der Waals surface area contributed by atoms with Crippen LogP contribution in [0.5, 0.6) is 0 Å². The lowest BCUT2D eigenvalue weighted by molar-refractivity contribution is 0.160. The quantitative estimate of drug-likeness (QED) is 0.408. The van der Waals surface area contributed by atoms with Crippen LogP contribution in [-0.2, 0) is 0 Å². The normalized spacial score (nSPS) is 20.9. The third-order valence-corrected chi connectivity index (χ3v) is 3.98. The van der Waals surface area contributed by atoms with E-state index in [-0.39, 0.29) is 0 Å². The van der Waals surface area contributed by atoms with Crippen molar-refractivity contribution in [3.63, 3.8) is 0 Å². The average Bonchev–Trinajstić information content (AvgIpc) is 2.45. The second-order valence-electron chi connectivity index (χ2n) is 5.78. The molecule has 1 fully saturated rings. The third-order valence-electron chi connectivity index (χ3n) is 3.98. The SMILES string of the molecule is CCCCNC(=NCCCN1CCCCC1C)NCC. The van der Waals surface area contributed by atoms with Crippen molar-refractivity contribution in [2.45, 2.75) is 65.3 Å². The molecule has 1 unspecified atom stereocenters. The van der Waals surface area contributed by atoms with Crippen molar-refractivity contribution in [2.75, 3.05) is 32.7 Å². The molecule has 118 valence electrons. The van der Waals surface area contributed by atoms with Gasteiger partial charge >= 0.3 is 0 Å². The summed E-state index contributed by atoms with van der Waals surface area (Å²) in [4.78, 5) is 7.28. The summed E-state index contributed by atoms with van der Waals surface area (Å²) in [5.41, 5.74) is 0. The number of nitrogens with one attached hydrogen (secondary N) is 2. The van der Waals surface area contributed by atoms with Crippen molar-refractivity contribution < 1.29 is 0 Å². The topological polar surface area (TPSA) is 39.7 Å². The average molecular weight is 282 g/mol. The number of unbranched alkanes of at least 4 members (excludes halogenated alkanes) is 1. The van der Waals surface area contributed by atoms with Crippen LogP contribution in [0.3, 0.4) is 0 Å². The fourth-order valence-corrected chi connectivity index (χ4v) is 2.68. The molecule has 1 aliphatic rings. The maximum atomic E-state index is 4.66. The zero-order chi connectivity index (χ0) is 14.6. The van der Waals surface area contributed by atoms with Crippen LogP contribution in [0.1, 0.15) is 59.3 Å². The number of hydrogen-bond donors (Lipinski definition) is 2. The summed E-state index contributed by atoms with van der Waals surface area (Å²) >= 11 is 0. The number of aliphatic imine (C=N–C) groups is 1. The molecule has 4 heteroatoms. The van der Waals surface area contributed by atoms with Crippen LogP contribution >= 0.6 is 0 Å². The monoisotopic (exact) mass is 282 g/mol. The first-order chi connectivity index (χ1) is 9.77. The van der Waals surface area contributed by atoms with Crippen molar-refractivity contribution in [2.24, 2.45) is 4.99 Å². The zero-order valence-corrected chi connectivity index (χ0v) is 13.7. The molecule has 2 N–H and O–H groups in total. The first-order valence-electron chi connectivity index (χ1n) is 8.54. The maximum Gasteiger partial charge on any atom is 0.191 e. The molecule has 0 spiro atoms. The van der Waals surface area contributed by atoms with Crippen molar-refractivity contribution in [1.29, 1.82) is 0 Å². The van der Waals surface area contributed by atoms with E-state index in [2.05, 4.69) is 41.3 Å². The highest BCUT2D eigenvalue weighted by atomic mass is 15.2. The highest BCUT2D eigenvalue weighted by molar-refractivity contribution is 5.79. The van der Waals surface area contributed by atoms with E-state index in [4.69, 9.17) is 0 Å². The van der Waals surface area contributed by atoms with Crippen molar-refractivity contribution in [3.05, 3.63) is 0 Å². The van der Waals surface area contributed by atoms with E-state index in [9.17, 15) is 0 Å². The molecule has 4 nitrogen and oxygen atoms in total. The van der Waals surface area contributed by atoms with Crippen LogP contribution in [0.4, 0.5) is 0 Å². The predicted molar refractivity (Wildman–Crippen MR) is 88.4 cm³/mol. The first kappa shape index (κ1) is 17.3. The third kappa shape index (κ3) is 7.13. The summed E-state index contributed by atoms with van der Waals surface area (Å²) in [6.45, 7) is 12.0. The van der Waals surface area contributed by atoms with Crippen LogP contribution in [0, 0.1) is 0 Å². The van der Waals surface area contributed by atoms with E-state index in [0.29, 0.717) is 0 Å². The van der Waals surface area contributed by atoms with Gasteiger partial charge < -0.3 is 15.5 Å². The van der Waals surface area contributed by atoms with Crippen LogP contribution in [0.25, 0.3) is 0 Å². The Balaban J connectivity index is 2.21. The molecule has 20 heavy (non-hydrogen) atoms. The van der Waals surface area contributed by atoms with E-state index < -0.39 is 0 Å². The van der Waals surface area contributed by atoms with E-state index in [0.717, 1.165) is 38.1 Å². The summed E-state index contributed by atoms with van der Waals surface area (Å²) in [5, 5.41) is 6.71. The summed E-state index contributed by atoms with van der Waals surface area (Å²) in [6.07, 6.45) is 7.73. The first-order valence-corrected chi connectivity index (χ1v) is 8.54. The number of nitrogens with zero attached hydrogens (tertiary/aromatic N) is 2. The van der Waals surface area contributed by atoms with Crippen LogP contribution in [-0.4, -0.2) is 49.6 Å². The van der Waals surface area contributed by atoms with Gasteiger partial charge in [-0.15, -0.1) is 0 Å². The van der Waals surface area contributed by atoms with Crippen molar-refractivity contribution >= 4 is 5.96 Å². The van der Waals surface area contributed by atoms with Crippen LogP contribution in [0.2, 0.25) is 0 Å². The molecular formula is C16H34N4. The van der Waals surface area contributed by atoms with Gasteiger partial charge in [0.15, 0.2) is 5.96 Å². The molecule has 0 aromatic rings. The van der Waals surface area contributed by atoms with Gasteiger partial charge in [-0.3, -0.25) is 4.99 Å². The number of guanidine groups is 1. The lowest BCUT2D eigenvalue weighted by Crippen LogP contribution is -2.39. The Hall–Kier alpha value is -0.770. The van der Waals surface area contributed by atoms with E-state index in [1.807, 2.05) is 0 Å². The molecule has 0 aliphatic carbocycles. The Morgan fingerprint density at radius 1 is 1.20 bits per heavy atom. The number of likely N-dealkylation sites (tertiary alicyclic amines) is 1. The predicted octanol–water partition coefficient (Wildman–Crippen LogP) is 2.61. The maximum absolute atomic E-state index is 4.66. The van der Waals surface area contributed by atoms with Gasteiger partial charge in [-0.05, 0) is 46.1 Å². The van der Waals surface area contributed by atoms with Crippen molar-refractivity contribution in [1.82, 2.24) is 15.5 Å². The van der Waals surface area contributed by atoms with E-state index >= 15 is 0 Å². The standard InChI is InChI=1S/C16H34N4/c1-4-6-11-18-16(17-5-2)19-12-9-14-20-13-8-7-10-15(20)3/h15H,4-14H2,1-3H3,(H2,17,18,19). The molecule has 1 rings (SSSR count). The molecule has 0 saturated carbocycles. The van der Waals surface area contributed by atoms with E-state index in [1.165, 1.54) is 45.2 Å². The Labute approximate surface area is 125 Å². The molecule has 0 aromatic carbocycles. The van der Waals surface area contributed by atoms with Gasteiger partial charge in [0.2, 0.25) is 0 Å². The Bertz CT molecular complexity index is 265. The highest BCUT2D eigenvalue weighted by Crippen LogP contribution is 2.16. The molecule has 0 aromatic heterocycles. The molecule has 0 bridgehead atoms. The molecule has 1 atom stereocenters. The van der Waals surface area contributed by atoms with Gasteiger partial charge in [0, 0.05) is 32.2 Å². The minimum absolute atomic E-state index is 0.767. The van der Waals surface area contributed by atoms with Gasteiger partial charge in [0.05, 0.1) is 0 Å². The molecule has 0 radical (unpaired) electrons. The molecule has 1 heterocycles. The lowest BCUT2D eigenvalue weighted by Gasteiger charge is -2.33. The highest BCUT2D eigenvalue weighted by Gasteiger charge is 2.16. The molecule has 1 saturated heterocycles. The summed E-state index contributed by atoms with van der Waals surface area (Å²) in [7, 11) is 0. The van der Waals surface area contributed by atoms with Gasteiger partial charge in [0.25, 0.3) is 0 Å².